The molecule has 6 rings (SSSR count). The second-order valence-corrected chi connectivity index (χ2v) is 17.5. The fourth-order valence-corrected chi connectivity index (χ4v) is 8.62. The van der Waals surface area contributed by atoms with Crippen LogP contribution in [0.3, 0.4) is 0 Å². The minimum atomic E-state index is -0.0685. The Bertz CT molecular complexity index is 1910. The van der Waals surface area contributed by atoms with Crippen LogP contribution in [0.5, 0.6) is 0 Å². The van der Waals surface area contributed by atoms with Gasteiger partial charge in [0, 0.05) is 10.8 Å². The molecule has 0 aliphatic heterocycles. The second kappa shape index (κ2) is 19.9. The van der Waals surface area contributed by atoms with E-state index in [1.807, 2.05) is 12.2 Å². The van der Waals surface area contributed by atoms with Crippen LogP contribution in [0.15, 0.2) is 103 Å². The zero-order valence-electron chi connectivity index (χ0n) is 33.9. The Morgan fingerprint density at radius 3 is 1.73 bits per heavy atom. The molecule has 0 unspecified atom stereocenters. The number of unbranched alkanes of at least 4 members (excludes halogenated alkanes) is 3. The molecule has 272 valence electrons. The third kappa shape index (κ3) is 10.3. The molecule has 0 fully saturated rings. The monoisotopic (exact) mass is 766 g/mol. The summed E-state index contributed by atoms with van der Waals surface area (Å²) in [6, 6.07) is 31.9. The molecule has 0 saturated heterocycles. The van der Waals surface area contributed by atoms with E-state index >= 15 is 0 Å². The predicted molar refractivity (Wildman–Crippen MR) is 228 cm³/mol. The van der Waals surface area contributed by atoms with E-state index in [-0.39, 0.29) is 10.8 Å². The number of aryl methyl sites for hydroxylation is 2. The average molecular weight is 768 g/mol. The number of fused-ring (bicyclic) bond motifs is 3. The van der Waals surface area contributed by atoms with E-state index in [9.17, 15) is 0 Å². The Balaban J connectivity index is 0.000000336. The summed E-state index contributed by atoms with van der Waals surface area (Å²) >= 11 is 1.67. The van der Waals surface area contributed by atoms with Crippen LogP contribution in [0.4, 0.5) is 0 Å². The van der Waals surface area contributed by atoms with Gasteiger partial charge in [-0.2, -0.15) is 6.08 Å². The molecule has 0 nitrogen and oxygen atoms in total. The van der Waals surface area contributed by atoms with Crippen LogP contribution in [0.1, 0.15) is 145 Å². The number of benzene rings is 4. The van der Waals surface area contributed by atoms with Crippen LogP contribution in [0.2, 0.25) is 0 Å². The van der Waals surface area contributed by atoms with Crippen molar-refractivity contribution in [3.63, 3.8) is 0 Å². The SMILES string of the molecule is CCCC[C](=[Zr+2])CCCC.CCCCc1c(C)c(C(C)(C)c2ccccc2)cc2c1[cH-]c1cc(C)c(C(C)(C)c3ccccc3)cc12.[C-]1=CC=CC1. The summed E-state index contributed by atoms with van der Waals surface area (Å²) in [7, 11) is 0. The Kier molecular flexibility index (Phi) is 16.0. The van der Waals surface area contributed by atoms with Crippen molar-refractivity contribution in [2.75, 3.05) is 0 Å². The van der Waals surface area contributed by atoms with Crippen molar-refractivity contribution in [2.45, 2.75) is 137 Å². The molecule has 0 aromatic heterocycles. The van der Waals surface area contributed by atoms with Gasteiger partial charge >= 0.3 is 79.8 Å². The Hall–Kier alpha value is -3.02. The van der Waals surface area contributed by atoms with Gasteiger partial charge < -0.3 is 0 Å². The summed E-state index contributed by atoms with van der Waals surface area (Å²) < 4.78 is 1.79. The maximum absolute atomic E-state index is 2.99. The molecule has 0 atom stereocenters. The van der Waals surface area contributed by atoms with Crippen LogP contribution >= 0.6 is 0 Å². The Morgan fingerprint density at radius 1 is 0.712 bits per heavy atom. The molecule has 0 saturated carbocycles. The molecule has 1 heteroatoms. The summed E-state index contributed by atoms with van der Waals surface area (Å²) in [5, 5.41) is 5.62. The number of hydrogen-bond donors (Lipinski definition) is 0. The molecule has 0 N–H and O–H groups in total. The minimum absolute atomic E-state index is 0.0645. The van der Waals surface area contributed by atoms with Gasteiger partial charge in [0.15, 0.2) is 0 Å². The first-order valence-electron chi connectivity index (χ1n) is 20.0. The summed E-state index contributed by atoms with van der Waals surface area (Å²) in [6.07, 6.45) is 21.9. The molecule has 0 radical (unpaired) electrons. The van der Waals surface area contributed by atoms with Gasteiger partial charge in [-0.3, -0.25) is 6.08 Å². The van der Waals surface area contributed by atoms with Crippen molar-refractivity contribution >= 4 is 24.8 Å². The van der Waals surface area contributed by atoms with E-state index < -0.39 is 0 Å². The molecular weight excluding hydrogens is 704 g/mol. The van der Waals surface area contributed by atoms with Gasteiger partial charge in [0.2, 0.25) is 0 Å². The first-order valence-corrected chi connectivity index (χ1v) is 21.3. The van der Waals surface area contributed by atoms with Crippen LogP contribution < -0.4 is 0 Å². The largest absolute Gasteiger partial charge is 0.273 e. The number of allylic oxidation sites excluding steroid dienone is 4. The van der Waals surface area contributed by atoms with Crippen LogP contribution in [-0.4, -0.2) is 3.21 Å². The quantitative estimate of drug-likeness (QED) is 0.105. The zero-order chi connectivity index (χ0) is 37.7. The van der Waals surface area contributed by atoms with E-state index in [1.54, 1.807) is 27.4 Å². The minimum Gasteiger partial charge on any atom is -0.273 e. The summed E-state index contributed by atoms with van der Waals surface area (Å²) in [4.78, 5) is 0. The molecule has 0 spiro atoms. The first-order chi connectivity index (χ1) is 25.0. The van der Waals surface area contributed by atoms with E-state index in [0.717, 1.165) is 12.8 Å². The second-order valence-electron chi connectivity index (χ2n) is 15.8. The topological polar surface area (TPSA) is 0 Å². The molecule has 1 aliphatic carbocycles. The van der Waals surface area contributed by atoms with E-state index in [1.165, 1.54) is 112 Å². The van der Waals surface area contributed by atoms with Gasteiger partial charge in [-0.25, -0.2) is 12.2 Å². The van der Waals surface area contributed by atoms with Gasteiger partial charge in [0.05, 0.1) is 0 Å². The van der Waals surface area contributed by atoms with E-state index in [0.29, 0.717) is 0 Å². The van der Waals surface area contributed by atoms with Crippen LogP contribution in [-0.2, 0) is 41.5 Å². The molecule has 5 aromatic rings. The Morgan fingerprint density at radius 2 is 1.25 bits per heavy atom. The summed E-state index contributed by atoms with van der Waals surface area (Å²) in [5.74, 6) is 0. The third-order valence-corrected chi connectivity index (χ3v) is 12.3. The van der Waals surface area contributed by atoms with Crippen molar-refractivity contribution in [3.8, 4) is 0 Å². The first kappa shape index (κ1) is 41.7. The van der Waals surface area contributed by atoms with Gasteiger partial charge in [0.25, 0.3) is 0 Å². The van der Waals surface area contributed by atoms with E-state index in [2.05, 4.69) is 159 Å². The van der Waals surface area contributed by atoms with Gasteiger partial charge in [-0.15, -0.1) is 45.7 Å². The molecule has 0 heterocycles. The molecule has 52 heavy (non-hydrogen) atoms. The Labute approximate surface area is 332 Å². The van der Waals surface area contributed by atoms with E-state index in [4.69, 9.17) is 0 Å². The van der Waals surface area contributed by atoms with Crippen LogP contribution in [0, 0.1) is 19.9 Å². The standard InChI is InChI=1S/C37H41.C9H18.C5H5.Zr/c1-8-9-20-30-26(3)35(37(6,7)29-18-14-11-15-19-29)24-33-31-23-34(25(2)21-27(31)22-32(30)33)36(4,5)28-16-12-10-13-17-28;1-3-5-7-9-8-6-4-2;1-2-4-5-3-1;/h10-19,21-24H,8-9,20H2,1-7H3;3-8H2,1-2H3;1-3H,4H2;/q-1;;-1;+2. The zero-order valence-corrected chi connectivity index (χ0v) is 36.3. The van der Waals surface area contributed by atoms with Crippen molar-refractivity contribution in [3.05, 3.63) is 148 Å². The third-order valence-electron chi connectivity index (χ3n) is 11.1. The van der Waals surface area contributed by atoms with Crippen molar-refractivity contribution in [1.82, 2.24) is 0 Å². The predicted octanol–water partition coefficient (Wildman–Crippen LogP) is 14.7. The fourth-order valence-electron chi connectivity index (χ4n) is 7.75. The molecule has 0 amide bonds. The van der Waals surface area contributed by atoms with Gasteiger partial charge in [-0.05, 0) is 36.1 Å². The summed E-state index contributed by atoms with van der Waals surface area (Å²) in [5.41, 5.74) is 9.84. The summed E-state index contributed by atoms with van der Waals surface area (Å²) in [6.45, 7) is 21.0. The fraction of sp³-hybridized carbons (Fsp3) is 0.412. The van der Waals surface area contributed by atoms with Crippen molar-refractivity contribution in [1.29, 1.82) is 0 Å². The molecule has 1 aliphatic rings. The molecule has 0 bridgehead atoms. The normalized spacial score (nSPS) is 12.5. The average Bonchev–Trinajstić information content (AvgIpc) is 3.85. The van der Waals surface area contributed by atoms with Crippen LogP contribution in [0.25, 0.3) is 21.5 Å². The smallest absolute Gasteiger partial charge is 0.0136 e. The molecular formula is C51H64Zr. The molecule has 5 aromatic carbocycles. The van der Waals surface area contributed by atoms with Gasteiger partial charge in [-0.1, -0.05) is 138 Å². The maximum Gasteiger partial charge on any atom is 0.0136 e. The van der Waals surface area contributed by atoms with Crippen molar-refractivity contribution in [2.24, 2.45) is 0 Å². The van der Waals surface area contributed by atoms with Gasteiger partial charge in [0.1, 0.15) is 0 Å². The number of hydrogen-bond acceptors (Lipinski definition) is 0. The number of rotatable bonds is 13. The van der Waals surface area contributed by atoms with Crippen molar-refractivity contribution < 1.29 is 24.2 Å². The maximum atomic E-state index is 2.99.